The van der Waals surface area contributed by atoms with Crippen molar-refractivity contribution in [2.24, 2.45) is 0 Å². The van der Waals surface area contributed by atoms with Crippen molar-refractivity contribution in [2.45, 2.75) is 147 Å². The third kappa shape index (κ3) is 14.7. The van der Waals surface area contributed by atoms with Gasteiger partial charge in [0, 0.05) is 31.3 Å². The molecule has 354 valence electrons. The van der Waals surface area contributed by atoms with E-state index in [9.17, 15) is 0 Å². The van der Waals surface area contributed by atoms with E-state index >= 15 is 0 Å². The molecule has 0 saturated carbocycles. The molecule has 2 bridgehead atoms. The van der Waals surface area contributed by atoms with E-state index in [1.165, 1.54) is 127 Å². The highest BCUT2D eigenvalue weighted by Gasteiger charge is 2.53. The molecule has 0 aromatic heterocycles. The maximum absolute atomic E-state index is 6.41. The van der Waals surface area contributed by atoms with Gasteiger partial charge in [-0.3, -0.25) is 4.81 Å². The third-order valence-electron chi connectivity index (χ3n) is 15.0. The van der Waals surface area contributed by atoms with Crippen LogP contribution in [0.1, 0.15) is 116 Å². The zero-order valence-electron chi connectivity index (χ0n) is 39.3. The van der Waals surface area contributed by atoms with Gasteiger partial charge in [-0.05, 0) is 128 Å². The first-order valence-electron chi connectivity index (χ1n) is 24.7. The van der Waals surface area contributed by atoms with E-state index in [1.807, 2.05) is 25.6 Å². The van der Waals surface area contributed by atoms with Gasteiger partial charge in [-0.2, -0.15) is 0 Å². The number of hydrogen-bond acceptors (Lipinski definition) is 11. The van der Waals surface area contributed by atoms with Crippen LogP contribution in [-0.4, -0.2) is 166 Å². The lowest BCUT2D eigenvalue weighted by Gasteiger charge is -2.44. The van der Waals surface area contributed by atoms with Crippen LogP contribution < -0.4 is 0 Å². The smallest absolute Gasteiger partial charge is 0.422 e. The molecule has 10 aliphatic heterocycles. The van der Waals surface area contributed by atoms with Crippen LogP contribution >= 0.6 is 6.58 Å². The van der Waals surface area contributed by atoms with Gasteiger partial charge in [0.1, 0.15) is 17.4 Å². The van der Waals surface area contributed by atoms with Gasteiger partial charge in [-0.25, -0.2) is 0 Å². The van der Waals surface area contributed by atoms with Crippen molar-refractivity contribution in [3.8, 4) is 0 Å². The maximum Gasteiger partial charge on any atom is 0.557 e. The fourth-order valence-corrected chi connectivity index (χ4v) is 12.2. The highest BCUT2D eigenvalue weighted by molar-refractivity contribution is 8.16. The predicted molar refractivity (Wildman–Crippen MR) is 284 cm³/mol. The van der Waals surface area contributed by atoms with Gasteiger partial charge in [-0.15, -0.1) is 0 Å². The summed E-state index contributed by atoms with van der Waals surface area (Å²) >= 11 is 4.46. The van der Waals surface area contributed by atoms with Crippen LogP contribution in [0.25, 0.3) is 0 Å². The second-order valence-corrected chi connectivity index (χ2v) is 22.3. The van der Waals surface area contributed by atoms with Gasteiger partial charge in [0.2, 0.25) is 6.85 Å². The largest absolute Gasteiger partial charge is 0.557 e. The number of fused-ring (bicyclic) bond motifs is 5. The first-order chi connectivity index (χ1) is 30.7. The Hall–Kier alpha value is -1.05. The molecule has 0 aliphatic carbocycles. The molecule has 2 radical (unpaired) electrons. The normalized spacial score (nSPS) is 28.6. The highest BCUT2D eigenvalue weighted by Crippen LogP contribution is 2.48. The molecule has 2 aromatic carbocycles. The number of hydrogen-bond donors (Lipinski definition) is 0. The summed E-state index contributed by atoms with van der Waals surface area (Å²) in [5.41, 5.74) is 2.26. The third-order valence-corrected chi connectivity index (χ3v) is 15.0. The number of nitrogens with zero attached hydrogens (tertiary/aromatic N) is 5. The fourth-order valence-electron chi connectivity index (χ4n) is 12.2. The standard InChI is InChI=1S/C17H18BNO.C12H22BN.C6H12BNO.C5H10BNO.C4H10BNO2.CH3BPS.2CH4/c1-3-8-14(9-4-1)17(15-10-5-2-6-11-15)16-12-7-13-19(16)18-20-17;1-2-10-14(9-1)13-11-5-3-6-12(13)8-4-7-11;1-7-8-4-2-3-6(8)5-9-7;1-2-5-4-8-6-7(5)3-1;1-6(2)5-7-3-4-8-5;1-3(2)4;;/h1-6,8-11,16,18H,7,12-13H2;11-12H,1-10H2;6H,2-5H2,1H3;5-6H,1-4H2;3-4H2,1-2H3;1H3;2*1H4/q;;;;;+1;;/t16-;;6-;5-;;;;/m0.00..../s1. The van der Waals surface area contributed by atoms with Crippen molar-refractivity contribution >= 4 is 62.3 Å². The van der Waals surface area contributed by atoms with Gasteiger partial charge in [0.15, 0.2) is 0 Å². The monoisotopic (exact) mass is 927 g/mol. The Labute approximate surface area is 406 Å². The van der Waals surface area contributed by atoms with E-state index in [2.05, 4.69) is 98.5 Å². The minimum atomic E-state index is -0.537. The van der Waals surface area contributed by atoms with Gasteiger partial charge in [-0.1, -0.05) is 114 Å². The number of rotatable bonds is 4. The summed E-state index contributed by atoms with van der Waals surface area (Å²) in [6.45, 7) is 14.4. The SMILES string of the molecule is B1OC(c2ccccc2)(c2ccccc2)[C@@H]2CCCN12.B1OC[C@@H]2CCCN12.C.C.C1CC2CCCC(C1)B2N1CCCC1.CB1OC[C@@H]2CCCN12.CN(C)B1OCCO1.[B][P+](C)=S. The Balaban J connectivity index is 0.000000155. The molecule has 0 amide bonds. The molecule has 4 atom stereocenters. The van der Waals surface area contributed by atoms with E-state index in [-0.39, 0.29) is 27.7 Å². The zero-order valence-corrected chi connectivity index (χ0v) is 41.0. The molecule has 0 spiro atoms. The fraction of sp³-hybridized carbons (Fsp3) is 0.745. The Morgan fingerprint density at radius 1 is 0.677 bits per heavy atom. The van der Waals surface area contributed by atoms with Crippen LogP contribution in [0.4, 0.5) is 0 Å². The van der Waals surface area contributed by atoms with Crippen LogP contribution in [0.3, 0.4) is 0 Å². The minimum absolute atomic E-state index is 0. The number of benzene rings is 2. The molecule has 18 heteroatoms. The minimum Gasteiger partial charge on any atom is -0.422 e. The van der Waals surface area contributed by atoms with Crippen molar-refractivity contribution in [3.05, 3.63) is 71.8 Å². The molecule has 2 aromatic rings. The Morgan fingerprint density at radius 3 is 1.75 bits per heavy atom. The van der Waals surface area contributed by atoms with E-state index < -0.39 is 6.58 Å². The van der Waals surface area contributed by atoms with Crippen LogP contribution in [0.15, 0.2) is 60.7 Å². The predicted octanol–water partition coefficient (Wildman–Crippen LogP) is 7.72. The lowest BCUT2D eigenvalue weighted by molar-refractivity contribution is 0.109. The molecular weight excluding hydrogens is 842 g/mol. The summed E-state index contributed by atoms with van der Waals surface area (Å²) in [5, 5.41) is 0. The lowest BCUT2D eigenvalue weighted by Crippen LogP contribution is -2.48. The second kappa shape index (κ2) is 28.0. The molecule has 10 aliphatic rings. The molecular formula is C47H83B6N5O5PS+. The van der Waals surface area contributed by atoms with Crippen molar-refractivity contribution in [1.82, 2.24) is 24.1 Å². The Kier molecular flexibility index (Phi) is 23.6. The van der Waals surface area contributed by atoms with Crippen LogP contribution in [0, 0.1) is 0 Å². The quantitative estimate of drug-likeness (QED) is 0.224. The molecule has 1 unspecified atom stereocenters. The van der Waals surface area contributed by atoms with Crippen LogP contribution in [0.5, 0.6) is 0 Å². The van der Waals surface area contributed by atoms with Crippen LogP contribution in [-0.2, 0) is 40.7 Å². The lowest BCUT2D eigenvalue weighted by atomic mass is 9.33. The maximum atomic E-state index is 6.41. The molecule has 10 saturated heterocycles. The summed E-state index contributed by atoms with van der Waals surface area (Å²) in [6.07, 6.45) is 20.1. The first kappa shape index (κ1) is 54.9. The van der Waals surface area contributed by atoms with Crippen molar-refractivity contribution in [2.75, 3.05) is 79.9 Å². The Morgan fingerprint density at radius 2 is 1.22 bits per heavy atom. The van der Waals surface area contributed by atoms with E-state index in [0.717, 1.165) is 78.8 Å². The van der Waals surface area contributed by atoms with E-state index in [4.69, 9.17) is 30.8 Å². The van der Waals surface area contributed by atoms with E-state index in [1.54, 1.807) is 0 Å². The van der Waals surface area contributed by atoms with E-state index in [0.29, 0.717) is 13.1 Å². The summed E-state index contributed by atoms with van der Waals surface area (Å²) in [6, 6.07) is 23.4. The Bertz CT molecular complexity index is 1560. The second-order valence-electron chi connectivity index (χ2n) is 19.5. The molecule has 65 heavy (non-hydrogen) atoms. The van der Waals surface area contributed by atoms with Gasteiger partial charge < -0.3 is 42.5 Å². The zero-order chi connectivity index (χ0) is 44.0. The summed E-state index contributed by atoms with van der Waals surface area (Å²) in [7, 11) is 10.8. The van der Waals surface area contributed by atoms with Crippen molar-refractivity contribution in [1.29, 1.82) is 0 Å². The average molecular weight is 926 g/mol. The van der Waals surface area contributed by atoms with Crippen molar-refractivity contribution < 1.29 is 23.3 Å². The van der Waals surface area contributed by atoms with Crippen molar-refractivity contribution in [3.63, 3.8) is 0 Å². The molecule has 0 N–H and O–H groups in total. The average Bonchev–Trinajstić information content (AvgIpc) is 4.14. The molecule has 12 rings (SSSR count). The van der Waals surface area contributed by atoms with Gasteiger partial charge in [0.25, 0.3) is 0 Å². The van der Waals surface area contributed by atoms with Gasteiger partial charge >= 0.3 is 37.1 Å². The topological polar surface area (TPSA) is 62.4 Å². The van der Waals surface area contributed by atoms with Gasteiger partial charge in [0.05, 0.1) is 26.5 Å². The molecule has 10 heterocycles. The molecule has 10 fully saturated rings. The summed E-state index contributed by atoms with van der Waals surface area (Å²) < 4.78 is 27.3. The summed E-state index contributed by atoms with van der Waals surface area (Å²) in [4.78, 5) is 12.1. The molecule has 10 nitrogen and oxygen atoms in total. The first-order valence-corrected chi connectivity index (χ1v) is 27.6. The summed E-state index contributed by atoms with van der Waals surface area (Å²) in [5.74, 6) is 2.17. The van der Waals surface area contributed by atoms with Crippen LogP contribution in [0.2, 0.25) is 18.5 Å². The highest BCUT2D eigenvalue weighted by atomic mass is 32.4.